The molecule has 12 heteroatoms. The van der Waals surface area contributed by atoms with Gasteiger partial charge in [0.2, 0.25) is 0 Å². The van der Waals surface area contributed by atoms with Crippen LogP contribution in [0.15, 0.2) is 35.8 Å². The van der Waals surface area contributed by atoms with E-state index in [2.05, 4.69) is 14.9 Å². The first-order valence-electron chi connectivity index (χ1n) is 8.67. The molecule has 1 aromatic rings. The smallest absolute Gasteiger partial charge is 0.413 e. The van der Waals surface area contributed by atoms with E-state index >= 15 is 0 Å². The van der Waals surface area contributed by atoms with Crippen LogP contribution >= 0.6 is 0 Å². The van der Waals surface area contributed by atoms with Crippen LogP contribution in [0.25, 0.3) is 0 Å². The third kappa shape index (κ3) is 9.92. The van der Waals surface area contributed by atoms with E-state index in [1.165, 1.54) is 14.0 Å². The molecule has 0 radical (unpaired) electrons. The van der Waals surface area contributed by atoms with Crippen LogP contribution in [-0.4, -0.2) is 50.5 Å². The van der Waals surface area contributed by atoms with E-state index in [1.54, 1.807) is 24.3 Å². The van der Waals surface area contributed by atoms with Crippen molar-refractivity contribution in [2.75, 3.05) is 26.9 Å². The first kappa shape index (κ1) is 24.2. The highest BCUT2D eigenvalue weighted by molar-refractivity contribution is 5.79. The lowest BCUT2D eigenvalue weighted by Gasteiger charge is -2.11. The second kappa shape index (κ2) is 13.4. The standard InChI is InChI=1S/C18H22N2O10/c1-13(28-12-21)16(26-2)11-27-17(22)10-19-18(23)30-15-7-3-5-14(9-15)6-4-8-29-20(24)25/h3,5,7,9,12H,4,6,8,10-11H2,1-2H3,(H,19,23)/b16-13-. The van der Waals surface area contributed by atoms with Crippen LogP contribution in [0.4, 0.5) is 4.79 Å². The largest absolute Gasteiger partial charge is 0.494 e. The van der Waals surface area contributed by atoms with Crippen molar-refractivity contribution in [3.05, 3.63) is 51.5 Å². The van der Waals surface area contributed by atoms with Gasteiger partial charge in [0.05, 0.1) is 13.7 Å². The fourth-order valence-electron chi connectivity index (χ4n) is 2.11. The van der Waals surface area contributed by atoms with Crippen LogP contribution in [0.5, 0.6) is 5.75 Å². The monoisotopic (exact) mass is 426 g/mol. The van der Waals surface area contributed by atoms with Crippen molar-refractivity contribution in [1.82, 2.24) is 5.32 Å². The molecular formula is C18H22N2O10. The average molecular weight is 426 g/mol. The molecule has 0 saturated carbocycles. The Labute approximate surface area is 171 Å². The Morgan fingerprint density at radius 3 is 2.73 bits per heavy atom. The molecule has 30 heavy (non-hydrogen) atoms. The van der Waals surface area contributed by atoms with Gasteiger partial charge in [-0.2, -0.15) is 0 Å². The normalized spacial score (nSPS) is 10.9. The number of methoxy groups -OCH3 is 1. The SMILES string of the molecule is CO/C(COC(=O)CNC(=O)Oc1cccc(CCCO[N+](=O)[O-])c1)=C(/C)OC=O. The summed E-state index contributed by atoms with van der Waals surface area (Å²) in [6.07, 6.45) is 0.0306. The van der Waals surface area contributed by atoms with Gasteiger partial charge in [-0.15, -0.1) is 10.1 Å². The van der Waals surface area contributed by atoms with Gasteiger partial charge in [0.15, 0.2) is 12.4 Å². The molecule has 0 aromatic heterocycles. The minimum Gasteiger partial charge on any atom is -0.494 e. The van der Waals surface area contributed by atoms with Crippen molar-refractivity contribution in [2.24, 2.45) is 0 Å². The van der Waals surface area contributed by atoms with Gasteiger partial charge in [-0.1, -0.05) is 12.1 Å². The number of carbonyl (C=O) groups excluding carboxylic acids is 3. The maximum atomic E-state index is 11.8. The number of nitrogens with zero attached hydrogens (tertiary/aromatic N) is 1. The molecule has 0 heterocycles. The quantitative estimate of drug-likeness (QED) is 0.123. The summed E-state index contributed by atoms with van der Waals surface area (Å²) in [4.78, 5) is 48.2. The molecule has 1 aromatic carbocycles. The summed E-state index contributed by atoms with van der Waals surface area (Å²) in [6, 6.07) is 6.56. The van der Waals surface area contributed by atoms with E-state index in [9.17, 15) is 24.5 Å². The molecule has 0 saturated heterocycles. The van der Waals surface area contributed by atoms with Crippen molar-refractivity contribution < 1.29 is 43.3 Å². The fourth-order valence-corrected chi connectivity index (χ4v) is 2.11. The van der Waals surface area contributed by atoms with Crippen LogP contribution in [0, 0.1) is 10.1 Å². The van der Waals surface area contributed by atoms with Crippen molar-refractivity contribution >= 4 is 18.5 Å². The van der Waals surface area contributed by atoms with E-state index in [-0.39, 0.29) is 37.0 Å². The number of benzene rings is 1. The predicted octanol–water partition coefficient (Wildman–Crippen LogP) is 1.51. The lowest BCUT2D eigenvalue weighted by atomic mass is 10.1. The van der Waals surface area contributed by atoms with Crippen LogP contribution in [0.2, 0.25) is 0 Å². The summed E-state index contributed by atoms with van der Waals surface area (Å²) >= 11 is 0. The zero-order valence-electron chi connectivity index (χ0n) is 16.5. The number of hydrogen-bond donors (Lipinski definition) is 1. The first-order chi connectivity index (χ1) is 14.3. The summed E-state index contributed by atoms with van der Waals surface area (Å²) in [5, 5.41) is 11.5. The van der Waals surface area contributed by atoms with Crippen molar-refractivity contribution in [1.29, 1.82) is 0 Å². The zero-order valence-corrected chi connectivity index (χ0v) is 16.5. The van der Waals surface area contributed by atoms with E-state index in [0.29, 0.717) is 12.8 Å². The Bertz CT molecular complexity index is 778. The maximum Gasteiger partial charge on any atom is 0.413 e. The third-order valence-corrected chi connectivity index (χ3v) is 3.52. The van der Waals surface area contributed by atoms with Gasteiger partial charge >= 0.3 is 12.1 Å². The summed E-state index contributed by atoms with van der Waals surface area (Å²) in [7, 11) is 1.32. The molecule has 1 N–H and O–H groups in total. The van der Waals surface area contributed by atoms with Crippen LogP contribution in [0.3, 0.4) is 0 Å². The molecule has 0 bridgehead atoms. The Morgan fingerprint density at radius 2 is 2.07 bits per heavy atom. The van der Waals surface area contributed by atoms with E-state index in [4.69, 9.17) is 14.2 Å². The molecule has 0 aliphatic rings. The van der Waals surface area contributed by atoms with Gasteiger partial charge in [-0.3, -0.25) is 9.59 Å². The molecule has 1 amide bonds. The Hall–Kier alpha value is -3.83. The van der Waals surface area contributed by atoms with Crippen LogP contribution in [-0.2, 0) is 35.1 Å². The summed E-state index contributed by atoms with van der Waals surface area (Å²) in [6.45, 7) is 0.889. The molecule has 12 nitrogen and oxygen atoms in total. The number of ether oxygens (including phenoxy) is 4. The highest BCUT2D eigenvalue weighted by Gasteiger charge is 2.12. The molecule has 0 spiro atoms. The van der Waals surface area contributed by atoms with Gasteiger partial charge in [0.25, 0.3) is 11.6 Å². The highest BCUT2D eigenvalue weighted by atomic mass is 16.9. The third-order valence-electron chi connectivity index (χ3n) is 3.52. The molecule has 164 valence electrons. The molecule has 0 unspecified atom stereocenters. The number of aryl methyl sites for hydroxylation is 1. The molecule has 1 rings (SSSR count). The van der Waals surface area contributed by atoms with Gasteiger partial charge in [0, 0.05) is 0 Å². The fraction of sp³-hybridized carbons (Fsp3) is 0.389. The Morgan fingerprint density at radius 1 is 1.30 bits per heavy atom. The first-order valence-corrected chi connectivity index (χ1v) is 8.67. The highest BCUT2D eigenvalue weighted by Crippen LogP contribution is 2.15. The van der Waals surface area contributed by atoms with Gasteiger partial charge in [-0.25, -0.2) is 4.79 Å². The molecule has 0 aliphatic carbocycles. The zero-order chi connectivity index (χ0) is 22.4. The number of rotatable bonds is 13. The molecule has 0 aliphatic heterocycles. The minimum atomic E-state index is -0.872. The van der Waals surface area contributed by atoms with Gasteiger partial charge < -0.3 is 29.1 Å². The number of allylic oxidation sites excluding steroid dienone is 1. The van der Waals surface area contributed by atoms with E-state index in [1.807, 2.05) is 0 Å². The summed E-state index contributed by atoms with van der Waals surface area (Å²) in [5.74, 6) is -0.254. The topological polar surface area (TPSA) is 153 Å². The Balaban J connectivity index is 2.41. The van der Waals surface area contributed by atoms with Crippen molar-refractivity contribution in [3.8, 4) is 5.75 Å². The second-order valence-electron chi connectivity index (χ2n) is 5.61. The van der Waals surface area contributed by atoms with Crippen molar-refractivity contribution in [2.45, 2.75) is 19.8 Å². The lowest BCUT2D eigenvalue weighted by molar-refractivity contribution is -0.757. The number of carbonyl (C=O) groups is 3. The molecule has 0 atom stereocenters. The molecule has 0 fully saturated rings. The van der Waals surface area contributed by atoms with Gasteiger partial charge in [0.1, 0.15) is 18.1 Å². The average Bonchev–Trinajstić information content (AvgIpc) is 2.70. The summed E-state index contributed by atoms with van der Waals surface area (Å²) in [5.41, 5.74) is 0.790. The Kier molecular flexibility index (Phi) is 10.8. The maximum absolute atomic E-state index is 11.8. The number of nitrogens with one attached hydrogen (secondary N) is 1. The summed E-state index contributed by atoms with van der Waals surface area (Å²) < 4.78 is 19.5. The van der Waals surface area contributed by atoms with Crippen LogP contribution < -0.4 is 10.1 Å². The number of hydrogen-bond acceptors (Lipinski definition) is 10. The minimum absolute atomic E-state index is 0.0402. The second-order valence-corrected chi connectivity index (χ2v) is 5.61. The van der Waals surface area contributed by atoms with E-state index < -0.39 is 23.7 Å². The lowest BCUT2D eigenvalue weighted by Crippen LogP contribution is -2.33. The van der Waals surface area contributed by atoms with Crippen molar-refractivity contribution in [3.63, 3.8) is 0 Å². The number of esters is 1. The van der Waals surface area contributed by atoms with E-state index in [0.717, 1.165) is 5.56 Å². The molecular weight excluding hydrogens is 404 g/mol. The van der Waals surface area contributed by atoms with Gasteiger partial charge in [-0.05, 0) is 37.5 Å². The number of amides is 1. The predicted molar refractivity (Wildman–Crippen MR) is 99.6 cm³/mol. The van der Waals surface area contributed by atoms with Crippen LogP contribution in [0.1, 0.15) is 18.9 Å².